The van der Waals surface area contributed by atoms with Crippen molar-refractivity contribution in [3.05, 3.63) is 17.8 Å². The van der Waals surface area contributed by atoms with Gasteiger partial charge in [0, 0.05) is 13.1 Å². The molecule has 0 amide bonds. The smallest absolute Gasteiger partial charge is 0.240 e. The Morgan fingerprint density at radius 2 is 1.94 bits per heavy atom. The summed E-state index contributed by atoms with van der Waals surface area (Å²) in [7, 11) is 0. The fraction of sp³-hybridized carbons (Fsp3) is 0.500. The Bertz CT molecular complexity index is 539. The lowest BCUT2D eigenvalue weighted by Crippen LogP contribution is -2.30. The molecule has 1 fully saturated rings. The van der Waals surface area contributed by atoms with Gasteiger partial charge in [0.25, 0.3) is 0 Å². The van der Waals surface area contributed by atoms with Crippen molar-refractivity contribution in [2.75, 3.05) is 23.7 Å². The Balaban J connectivity index is 2.06. The molecule has 1 aliphatic heterocycles. The minimum atomic E-state index is 0.337. The van der Waals surface area contributed by atoms with Crippen molar-refractivity contribution in [2.45, 2.75) is 26.2 Å². The molecule has 17 heavy (non-hydrogen) atoms. The number of nitrogens with two attached hydrogens (primary N) is 1. The van der Waals surface area contributed by atoms with Gasteiger partial charge in [0.1, 0.15) is 0 Å². The first-order valence-corrected chi connectivity index (χ1v) is 6.12. The number of aromatic nitrogens is 3. The van der Waals surface area contributed by atoms with Gasteiger partial charge < -0.3 is 10.6 Å². The number of anilines is 2. The molecule has 2 N–H and O–H groups in total. The molecular weight excluding hydrogens is 214 g/mol. The highest BCUT2D eigenvalue weighted by molar-refractivity contribution is 5.57. The summed E-state index contributed by atoms with van der Waals surface area (Å²) in [6.45, 7) is 4.35. The van der Waals surface area contributed by atoms with Gasteiger partial charge >= 0.3 is 0 Å². The first-order chi connectivity index (χ1) is 8.25. The van der Waals surface area contributed by atoms with Gasteiger partial charge in [0.2, 0.25) is 5.95 Å². The Morgan fingerprint density at radius 3 is 2.71 bits per heavy atom. The number of hydrogen-bond acceptors (Lipinski definition) is 4. The van der Waals surface area contributed by atoms with Crippen LogP contribution in [0.4, 0.5) is 11.6 Å². The molecule has 0 atom stereocenters. The minimum Gasteiger partial charge on any atom is -0.370 e. The van der Waals surface area contributed by atoms with Gasteiger partial charge in [-0.1, -0.05) is 0 Å². The molecule has 2 aromatic rings. The number of rotatable bonds is 1. The second-order valence-corrected chi connectivity index (χ2v) is 4.59. The first kappa shape index (κ1) is 10.4. The van der Waals surface area contributed by atoms with Crippen molar-refractivity contribution in [1.29, 1.82) is 0 Å². The predicted octanol–water partition coefficient (Wildman–Crippen LogP) is 1.61. The molecule has 5 nitrogen and oxygen atoms in total. The SMILES string of the molecule is Cc1c(N2CCCCC2)ccc2nc(N)nn12. The van der Waals surface area contributed by atoms with E-state index in [1.807, 2.05) is 10.6 Å². The molecule has 0 saturated carbocycles. The molecule has 0 unspecified atom stereocenters. The maximum atomic E-state index is 5.63. The van der Waals surface area contributed by atoms with Gasteiger partial charge in [-0.2, -0.15) is 4.98 Å². The number of nitrogen functional groups attached to an aromatic ring is 1. The Morgan fingerprint density at radius 1 is 1.18 bits per heavy atom. The van der Waals surface area contributed by atoms with Crippen LogP contribution in [0, 0.1) is 6.92 Å². The highest BCUT2D eigenvalue weighted by Gasteiger charge is 2.15. The Labute approximate surface area is 100 Å². The van der Waals surface area contributed by atoms with Crippen molar-refractivity contribution in [2.24, 2.45) is 0 Å². The lowest BCUT2D eigenvalue weighted by molar-refractivity contribution is 0.575. The number of nitrogens with zero attached hydrogens (tertiary/aromatic N) is 4. The maximum Gasteiger partial charge on any atom is 0.240 e. The van der Waals surface area contributed by atoms with Crippen LogP contribution < -0.4 is 10.6 Å². The van der Waals surface area contributed by atoms with E-state index in [4.69, 9.17) is 5.73 Å². The van der Waals surface area contributed by atoms with Crippen molar-refractivity contribution in [1.82, 2.24) is 14.6 Å². The van der Waals surface area contributed by atoms with Gasteiger partial charge in [0.05, 0.1) is 11.4 Å². The molecule has 3 rings (SSSR count). The third-order valence-corrected chi connectivity index (χ3v) is 3.42. The van der Waals surface area contributed by atoms with Crippen LogP contribution in [0.5, 0.6) is 0 Å². The average molecular weight is 231 g/mol. The van der Waals surface area contributed by atoms with Crippen LogP contribution >= 0.6 is 0 Å². The second kappa shape index (κ2) is 3.91. The van der Waals surface area contributed by atoms with Crippen LogP contribution in [-0.4, -0.2) is 27.7 Å². The third kappa shape index (κ3) is 1.71. The molecule has 0 aromatic carbocycles. The monoisotopic (exact) mass is 231 g/mol. The van der Waals surface area contributed by atoms with Gasteiger partial charge in [-0.3, -0.25) is 0 Å². The van der Waals surface area contributed by atoms with E-state index < -0.39 is 0 Å². The van der Waals surface area contributed by atoms with Crippen LogP contribution in [0.15, 0.2) is 12.1 Å². The van der Waals surface area contributed by atoms with Crippen molar-refractivity contribution < 1.29 is 0 Å². The fourth-order valence-electron chi connectivity index (χ4n) is 2.55. The second-order valence-electron chi connectivity index (χ2n) is 4.59. The molecule has 2 aromatic heterocycles. The quantitative estimate of drug-likeness (QED) is 0.810. The molecule has 5 heteroatoms. The standard InChI is InChI=1S/C12H17N5/c1-9-10(16-7-3-2-4-8-16)5-6-11-14-12(13)15-17(9)11/h5-6H,2-4,7-8H2,1H3,(H2,13,15). The van der Waals surface area contributed by atoms with Crippen LogP contribution in [-0.2, 0) is 0 Å². The highest BCUT2D eigenvalue weighted by atomic mass is 15.3. The molecule has 0 radical (unpaired) electrons. The zero-order chi connectivity index (χ0) is 11.8. The molecule has 0 aliphatic carbocycles. The molecule has 1 aliphatic rings. The molecule has 1 saturated heterocycles. The summed E-state index contributed by atoms with van der Waals surface area (Å²) >= 11 is 0. The Kier molecular flexibility index (Phi) is 2.39. The predicted molar refractivity (Wildman–Crippen MR) is 68.2 cm³/mol. The first-order valence-electron chi connectivity index (χ1n) is 6.12. The minimum absolute atomic E-state index is 0.337. The van der Waals surface area contributed by atoms with Gasteiger partial charge in [0.15, 0.2) is 5.65 Å². The normalized spacial score (nSPS) is 16.6. The van der Waals surface area contributed by atoms with Crippen LogP contribution in [0.1, 0.15) is 25.0 Å². The summed E-state index contributed by atoms with van der Waals surface area (Å²) in [5.41, 5.74) is 8.82. The van der Waals surface area contributed by atoms with Crippen LogP contribution in [0.25, 0.3) is 5.65 Å². The fourth-order valence-corrected chi connectivity index (χ4v) is 2.55. The van der Waals surface area contributed by atoms with E-state index in [0.717, 1.165) is 24.4 Å². The molecule has 3 heterocycles. The zero-order valence-corrected chi connectivity index (χ0v) is 10.1. The number of fused-ring (bicyclic) bond motifs is 1. The van der Waals surface area contributed by atoms with E-state index in [1.165, 1.54) is 24.9 Å². The topological polar surface area (TPSA) is 59.5 Å². The lowest BCUT2D eigenvalue weighted by Gasteiger charge is -2.29. The van der Waals surface area contributed by atoms with Crippen LogP contribution in [0.2, 0.25) is 0 Å². The van der Waals surface area contributed by atoms with E-state index in [-0.39, 0.29) is 0 Å². The molecule has 0 spiro atoms. The number of pyridine rings is 1. The molecule has 90 valence electrons. The van der Waals surface area contributed by atoms with Crippen molar-refractivity contribution in [3.8, 4) is 0 Å². The van der Waals surface area contributed by atoms with E-state index in [9.17, 15) is 0 Å². The zero-order valence-electron chi connectivity index (χ0n) is 10.1. The largest absolute Gasteiger partial charge is 0.370 e. The van der Waals surface area contributed by atoms with Crippen molar-refractivity contribution in [3.63, 3.8) is 0 Å². The van der Waals surface area contributed by atoms with Gasteiger partial charge in [-0.15, -0.1) is 5.10 Å². The maximum absolute atomic E-state index is 5.63. The summed E-state index contributed by atoms with van der Waals surface area (Å²) in [6, 6.07) is 4.12. The molecular formula is C12H17N5. The van der Waals surface area contributed by atoms with Gasteiger partial charge in [-0.05, 0) is 38.3 Å². The number of aryl methyl sites for hydroxylation is 1. The summed E-state index contributed by atoms with van der Waals surface area (Å²) in [5, 5.41) is 4.22. The number of piperidine rings is 1. The van der Waals surface area contributed by atoms with E-state index in [2.05, 4.69) is 28.0 Å². The average Bonchev–Trinajstić information content (AvgIpc) is 2.72. The Hall–Kier alpha value is -1.78. The summed E-state index contributed by atoms with van der Waals surface area (Å²) in [6.07, 6.45) is 3.89. The van der Waals surface area contributed by atoms with Crippen molar-refractivity contribution >= 4 is 17.3 Å². The van der Waals surface area contributed by atoms with Crippen LogP contribution in [0.3, 0.4) is 0 Å². The third-order valence-electron chi connectivity index (χ3n) is 3.42. The van der Waals surface area contributed by atoms with Gasteiger partial charge in [-0.25, -0.2) is 4.52 Å². The lowest BCUT2D eigenvalue weighted by atomic mass is 10.1. The van der Waals surface area contributed by atoms with E-state index in [1.54, 1.807) is 0 Å². The van der Waals surface area contributed by atoms with E-state index >= 15 is 0 Å². The van der Waals surface area contributed by atoms with E-state index in [0.29, 0.717) is 5.95 Å². The highest BCUT2D eigenvalue weighted by Crippen LogP contribution is 2.24. The number of hydrogen-bond donors (Lipinski definition) is 1. The summed E-state index contributed by atoms with van der Waals surface area (Å²) in [5.74, 6) is 0.337. The molecule has 0 bridgehead atoms. The summed E-state index contributed by atoms with van der Waals surface area (Å²) in [4.78, 5) is 6.60. The summed E-state index contributed by atoms with van der Waals surface area (Å²) < 4.78 is 1.83.